The first-order valence-electron chi connectivity index (χ1n) is 6.86. The van der Waals surface area contributed by atoms with Gasteiger partial charge >= 0.3 is 0 Å². The highest BCUT2D eigenvalue weighted by Gasteiger charge is 2.00. The Morgan fingerprint density at radius 1 is 1.05 bits per heavy atom. The zero-order valence-corrected chi connectivity index (χ0v) is 12.0. The van der Waals surface area contributed by atoms with Crippen LogP contribution in [0.4, 0.5) is 0 Å². The minimum Gasteiger partial charge on any atom is -0.309 e. The Kier molecular flexibility index (Phi) is 4.69. The van der Waals surface area contributed by atoms with E-state index in [0.717, 1.165) is 13.1 Å². The quantitative estimate of drug-likeness (QED) is 0.877. The SMILES string of the molecule is Cc1ccncc1CNCc1ccc(C(C)C)cc1. The van der Waals surface area contributed by atoms with E-state index in [2.05, 4.69) is 61.4 Å². The third kappa shape index (κ3) is 3.90. The van der Waals surface area contributed by atoms with Gasteiger partial charge < -0.3 is 5.32 Å². The predicted octanol–water partition coefficient (Wildman–Crippen LogP) is 3.80. The van der Waals surface area contributed by atoms with Crippen molar-refractivity contribution in [3.63, 3.8) is 0 Å². The van der Waals surface area contributed by atoms with Gasteiger partial charge in [-0.15, -0.1) is 0 Å². The van der Waals surface area contributed by atoms with Gasteiger partial charge in [0.15, 0.2) is 0 Å². The molecule has 2 rings (SSSR count). The number of aryl methyl sites for hydroxylation is 1. The molecule has 0 spiro atoms. The fraction of sp³-hybridized carbons (Fsp3) is 0.353. The molecule has 0 radical (unpaired) electrons. The van der Waals surface area contributed by atoms with Crippen molar-refractivity contribution >= 4 is 0 Å². The average Bonchev–Trinajstić information content (AvgIpc) is 2.41. The third-order valence-electron chi connectivity index (χ3n) is 3.44. The molecule has 1 N–H and O–H groups in total. The summed E-state index contributed by atoms with van der Waals surface area (Å²) in [6.45, 7) is 8.32. The molecule has 0 saturated heterocycles. The van der Waals surface area contributed by atoms with Crippen LogP contribution in [0, 0.1) is 6.92 Å². The molecule has 0 aliphatic rings. The Balaban J connectivity index is 1.87. The number of nitrogens with one attached hydrogen (secondary N) is 1. The summed E-state index contributed by atoms with van der Waals surface area (Å²) in [6.07, 6.45) is 3.77. The largest absolute Gasteiger partial charge is 0.309 e. The van der Waals surface area contributed by atoms with Crippen LogP contribution < -0.4 is 5.32 Å². The lowest BCUT2D eigenvalue weighted by atomic mass is 10.0. The summed E-state index contributed by atoms with van der Waals surface area (Å²) in [4.78, 5) is 4.16. The molecule has 0 amide bonds. The zero-order valence-electron chi connectivity index (χ0n) is 12.0. The fourth-order valence-electron chi connectivity index (χ4n) is 2.04. The highest BCUT2D eigenvalue weighted by Crippen LogP contribution is 2.14. The van der Waals surface area contributed by atoms with E-state index >= 15 is 0 Å². The van der Waals surface area contributed by atoms with Crippen LogP contribution >= 0.6 is 0 Å². The maximum atomic E-state index is 4.16. The first-order valence-corrected chi connectivity index (χ1v) is 6.86. The van der Waals surface area contributed by atoms with Crippen molar-refractivity contribution in [1.29, 1.82) is 0 Å². The summed E-state index contributed by atoms with van der Waals surface area (Å²) in [5.41, 5.74) is 5.27. The van der Waals surface area contributed by atoms with Crippen LogP contribution in [0.3, 0.4) is 0 Å². The molecule has 1 aromatic carbocycles. The Labute approximate surface area is 115 Å². The van der Waals surface area contributed by atoms with Gasteiger partial charge in [0.1, 0.15) is 0 Å². The van der Waals surface area contributed by atoms with Crippen molar-refractivity contribution in [2.45, 2.75) is 39.8 Å². The van der Waals surface area contributed by atoms with Crippen LogP contribution in [0.25, 0.3) is 0 Å². The maximum absolute atomic E-state index is 4.16. The molecule has 0 saturated carbocycles. The lowest BCUT2D eigenvalue weighted by molar-refractivity contribution is 0.688. The number of rotatable bonds is 5. The molecule has 2 heteroatoms. The lowest BCUT2D eigenvalue weighted by Gasteiger charge is -2.09. The molecule has 0 aliphatic heterocycles. The summed E-state index contributed by atoms with van der Waals surface area (Å²) in [6, 6.07) is 10.9. The van der Waals surface area contributed by atoms with Crippen molar-refractivity contribution in [3.8, 4) is 0 Å². The average molecular weight is 254 g/mol. The normalized spacial score (nSPS) is 10.9. The van der Waals surface area contributed by atoms with E-state index in [-0.39, 0.29) is 0 Å². The molecule has 0 unspecified atom stereocenters. The Morgan fingerprint density at radius 2 is 1.79 bits per heavy atom. The molecule has 0 bridgehead atoms. The van der Waals surface area contributed by atoms with Crippen LogP contribution in [0.5, 0.6) is 0 Å². The second kappa shape index (κ2) is 6.48. The molecule has 2 aromatic rings. The van der Waals surface area contributed by atoms with Gasteiger partial charge in [0.25, 0.3) is 0 Å². The molecule has 1 heterocycles. The molecule has 0 fully saturated rings. The number of nitrogens with zero attached hydrogens (tertiary/aromatic N) is 1. The van der Waals surface area contributed by atoms with E-state index in [1.165, 1.54) is 22.3 Å². The molecule has 2 nitrogen and oxygen atoms in total. The third-order valence-corrected chi connectivity index (χ3v) is 3.44. The second-order valence-corrected chi connectivity index (χ2v) is 5.30. The zero-order chi connectivity index (χ0) is 13.7. The number of pyridine rings is 1. The number of aromatic nitrogens is 1. The first-order chi connectivity index (χ1) is 9.16. The van der Waals surface area contributed by atoms with Crippen LogP contribution in [0.1, 0.15) is 42.0 Å². The van der Waals surface area contributed by atoms with Crippen molar-refractivity contribution in [1.82, 2.24) is 10.3 Å². The van der Waals surface area contributed by atoms with Gasteiger partial charge in [-0.3, -0.25) is 4.98 Å². The minimum atomic E-state index is 0.597. The lowest BCUT2D eigenvalue weighted by Crippen LogP contribution is -2.13. The van der Waals surface area contributed by atoms with Crippen LogP contribution in [-0.2, 0) is 13.1 Å². The highest BCUT2D eigenvalue weighted by molar-refractivity contribution is 5.25. The molecule has 0 atom stereocenters. The van der Waals surface area contributed by atoms with Crippen molar-refractivity contribution in [2.24, 2.45) is 0 Å². The van der Waals surface area contributed by atoms with Crippen molar-refractivity contribution in [2.75, 3.05) is 0 Å². The van der Waals surface area contributed by atoms with Crippen molar-refractivity contribution in [3.05, 3.63) is 65.0 Å². The Hall–Kier alpha value is -1.67. The van der Waals surface area contributed by atoms with Gasteiger partial charge in [-0.05, 0) is 41.2 Å². The molecule has 100 valence electrons. The van der Waals surface area contributed by atoms with Crippen molar-refractivity contribution < 1.29 is 0 Å². The van der Waals surface area contributed by atoms with E-state index in [9.17, 15) is 0 Å². The van der Waals surface area contributed by atoms with Gasteiger partial charge in [-0.1, -0.05) is 38.1 Å². The van der Waals surface area contributed by atoms with Crippen LogP contribution in [0.2, 0.25) is 0 Å². The van der Waals surface area contributed by atoms with E-state index in [1.54, 1.807) is 0 Å². The summed E-state index contributed by atoms with van der Waals surface area (Å²) in [5, 5.41) is 3.47. The van der Waals surface area contributed by atoms with Crippen LogP contribution in [0.15, 0.2) is 42.7 Å². The maximum Gasteiger partial charge on any atom is 0.0315 e. The number of hydrogen-bond donors (Lipinski definition) is 1. The molecule has 0 aliphatic carbocycles. The van der Waals surface area contributed by atoms with Gasteiger partial charge in [0.05, 0.1) is 0 Å². The summed E-state index contributed by atoms with van der Waals surface area (Å²) in [7, 11) is 0. The van der Waals surface area contributed by atoms with Gasteiger partial charge in [-0.25, -0.2) is 0 Å². The fourth-order valence-corrected chi connectivity index (χ4v) is 2.04. The van der Waals surface area contributed by atoms with E-state index < -0.39 is 0 Å². The molecule has 19 heavy (non-hydrogen) atoms. The van der Waals surface area contributed by atoms with E-state index in [4.69, 9.17) is 0 Å². The summed E-state index contributed by atoms with van der Waals surface area (Å²) < 4.78 is 0. The second-order valence-electron chi connectivity index (χ2n) is 5.30. The number of benzene rings is 1. The summed E-state index contributed by atoms with van der Waals surface area (Å²) >= 11 is 0. The molecule has 1 aromatic heterocycles. The minimum absolute atomic E-state index is 0.597. The van der Waals surface area contributed by atoms with E-state index in [1.807, 2.05) is 12.4 Å². The number of hydrogen-bond acceptors (Lipinski definition) is 2. The highest BCUT2D eigenvalue weighted by atomic mass is 14.8. The standard InChI is InChI=1S/C17H22N2/c1-13(2)16-6-4-15(5-7-16)10-19-12-17-11-18-9-8-14(17)3/h4-9,11,13,19H,10,12H2,1-3H3. The predicted molar refractivity (Wildman–Crippen MR) is 80.0 cm³/mol. The van der Waals surface area contributed by atoms with Gasteiger partial charge in [-0.2, -0.15) is 0 Å². The van der Waals surface area contributed by atoms with E-state index in [0.29, 0.717) is 5.92 Å². The monoisotopic (exact) mass is 254 g/mol. The van der Waals surface area contributed by atoms with Gasteiger partial charge in [0.2, 0.25) is 0 Å². The molecular formula is C17H22N2. The van der Waals surface area contributed by atoms with Crippen LogP contribution in [-0.4, -0.2) is 4.98 Å². The Bertz CT molecular complexity index is 515. The topological polar surface area (TPSA) is 24.9 Å². The first kappa shape index (κ1) is 13.8. The molecular weight excluding hydrogens is 232 g/mol. The Morgan fingerprint density at radius 3 is 2.42 bits per heavy atom. The summed E-state index contributed by atoms with van der Waals surface area (Å²) in [5.74, 6) is 0.597. The van der Waals surface area contributed by atoms with Gasteiger partial charge in [0, 0.05) is 25.5 Å². The smallest absolute Gasteiger partial charge is 0.0315 e.